The van der Waals surface area contributed by atoms with Crippen molar-refractivity contribution in [1.82, 2.24) is 5.32 Å². The van der Waals surface area contributed by atoms with Gasteiger partial charge in [-0.1, -0.05) is 0 Å². The quantitative estimate of drug-likeness (QED) is 0.547. The van der Waals surface area contributed by atoms with Crippen LogP contribution in [0.25, 0.3) is 0 Å². The van der Waals surface area contributed by atoms with Crippen LogP contribution in [0.3, 0.4) is 0 Å². The number of hydrogen-bond donors (Lipinski definition) is 1. The molecule has 9 heavy (non-hydrogen) atoms. The molecule has 0 heterocycles. The van der Waals surface area contributed by atoms with E-state index in [1.165, 1.54) is 0 Å². The first kappa shape index (κ1) is 8.41. The van der Waals surface area contributed by atoms with Gasteiger partial charge in [-0.2, -0.15) is 5.26 Å². The van der Waals surface area contributed by atoms with Crippen LogP contribution in [-0.2, 0) is 4.74 Å². The Morgan fingerprint density at radius 2 is 2.44 bits per heavy atom. The first-order valence-corrected chi connectivity index (χ1v) is 2.90. The van der Waals surface area contributed by atoms with Gasteiger partial charge >= 0.3 is 0 Å². The molecule has 0 saturated carbocycles. The molecule has 3 heteroatoms. The molecule has 0 amide bonds. The normalized spacial score (nSPS) is 12.6. The smallest absolute Gasteiger partial charge is 0.0843 e. The Morgan fingerprint density at radius 3 is 2.89 bits per heavy atom. The summed E-state index contributed by atoms with van der Waals surface area (Å²) in [6.07, 6.45) is 0. The van der Waals surface area contributed by atoms with Crippen LogP contribution in [-0.4, -0.2) is 26.3 Å². The highest BCUT2D eigenvalue weighted by Crippen LogP contribution is 1.79. The van der Waals surface area contributed by atoms with Gasteiger partial charge in [0, 0.05) is 13.2 Å². The van der Waals surface area contributed by atoms with E-state index in [4.69, 9.17) is 10.00 Å². The van der Waals surface area contributed by atoms with Crippen molar-refractivity contribution in [3.63, 3.8) is 0 Å². The zero-order chi connectivity index (χ0) is 7.11. The second-order valence-corrected chi connectivity index (χ2v) is 1.90. The molecule has 0 saturated heterocycles. The molecule has 0 aromatic carbocycles. The topological polar surface area (TPSA) is 45.0 Å². The molecule has 0 aromatic heterocycles. The van der Waals surface area contributed by atoms with Gasteiger partial charge in [0.15, 0.2) is 0 Å². The van der Waals surface area contributed by atoms with Crippen molar-refractivity contribution < 1.29 is 4.74 Å². The van der Waals surface area contributed by atoms with Gasteiger partial charge in [-0.15, -0.1) is 0 Å². The standard InChI is InChI=1S/C6H12N2O/c1-6(5-9-2)8-4-3-7/h6,8H,4-5H2,1-2H3/t6-/m0/s1. The molecule has 0 fully saturated rings. The Balaban J connectivity index is 3.07. The highest BCUT2D eigenvalue weighted by atomic mass is 16.5. The Bertz CT molecular complexity index is 97.7. The van der Waals surface area contributed by atoms with Gasteiger partial charge in [0.05, 0.1) is 19.2 Å². The fraction of sp³-hybridized carbons (Fsp3) is 0.833. The van der Waals surface area contributed by atoms with Crippen molar-refractivity contribution in [1.29, 1.82) is 5.26 Å². The van der Waals surface area contributed by atoms with Gasteiger partial charge in [0.1, 0.15) is 0 Å². The summed E-state index contributed by atoms with van der Waals surface area (Å²) >= 11 is 0. The monoisotopic (exact) mass is 128 g/mol. The summed E-state index contributed by atoms with van der Waals surface area (Å²) in [7, 11) is 1.64. The predicted molar refractivity (Wildman–Crippen MR) is 35.0 cm³/mol. The second-order valence-electron chi connectivity index (χ2n) is 1.90. The Morgan fingerprint density at radius 1 is 1.78 bits per heavy atom. The van der Waals surface area contributed by atoms with E-state index in [0.717, 1.165) is 0 Å². The average molecular weight is 128 g/mol. The number of nitriles is 1. The minimum absolute atomic E-state index is 0.273. The lowest BCUT2D eigenvalue weighted by molar-refractivity contribution is 0.174. The third-order valence-electron chi connectivity index (χ3n) is 0.946. The number of rotatable bonds is 4. The zero-order valence-electron chi connectivity index (χ0n) is 5.85. The molecule has 0 spiro atoms. The third-order valence-corrected chi connectivity index (χ3v) is 0.946. The molecule has 0 aromatic rings. The number of methoxy groups -OCH3 is 1. The molecular weight excluding hydrogens is 116 g/mol. The summed E-state index contributed by atoms with van der Waals surface area (Å²) in [5.41, 5.74) is 0. The third kappa shape index (κ3) is 5.28. The number of hydrogen-bond acceptors (Lipinski definition) is 3. The largest absolute Gasteiger partial charge is 0.383 e. The van der Waals surface area contributed by atoms with Crippen molar-refractivity contribution in [2.45, 2.75) is 13.0 Å². The van der Waals surface area contributed by atoms with Crippen molar-refractivity contribution >= 4 is 0 Å². The highest BCUT2D eigenvalue weighted by molar-refractivity contribution is 4.75. The van der Waals surface area contributed by atoms with Gasteiger partial charge in [-0.05, 0) is 6.92 Å². The summed E-state index contributed by atoms with van der Waals surface area (Å²) in [5, 5.41) is 11.1. The van der Waals surface area contributed by atoms with Gasteiger partial charge < -0.3 is 4.74 Å². The van der Waals surface area contributed by atoms with E-state index in [1.54, 1.807) is 7.11 Å². The molecule has 3 nitrogen and oxygen atoms in total. The number of nitrogens with one attached hydrogen (secondary N) is 1. The minimum atomic E-state index is 0.273. The number of ether oxygens (including phenoxy) is 1. The van der Waals surface area contributed by atoms with Crippen LogP contribution in [0, 0.1) is 11.3 Å². The van der Waals surface area contributed by atoms with E-state index in [1.807, 2.05) is 13.0 Å². The van der Waals surface area contributed by atoms with E-state index >= 15 is 0 Å². The van der Waals surface area contributed by atoms with Crippen molar-refractivity contribution in [2.75, 3.05) is 20.3 Å². The maximum absolute atomic E-state index is 8.13. The van der Waals surface area contributed by atoms with Crippen LogP contribution in [0.15, 0.2) is 0 Å². The molecule has 0 unspecified atom stereocenters. The Labute approximate surface area is 55.6 Å². The Hall–Kier alpha value is -0.590. The average Bonchev–Trinajstić information content (AvgIpc) is 1.85. The summed E-state index contributed by atoms with van der Waals surface area (Å²) in [4.78, 5) is 0. The molecule has 0 radical (unpaired) electrons. The van der Waals surface area contributed by atoms with E-state index in [-0.39, 0.29) is 6.04 Å². The van der Waals surface area contributed by atoms with E-state index < -0.39 is 0 Å². The minimum Gasteiger partial charge on any atom is -0.383 e. The van der Waals surface area contributed by atoms with Crippen molar-refractivity contribution in [3.05, 3.63) is 0 Å². The van der Waals surface area contributed by atoms with E-state index in [2.05, 4.69) is 5.32 Å². The van der Waals surface area contributed by atoms with Crippen LogP contribution >= 0.6 is 0 Å². The number of nitrogens with zero attached hydrogens (tertiary/aromatic N) is 1. The van der Waals surface area contributed by atoms with Gasteiger partial charge in [0.25, 0.3) is 0 Å². The van der Waals surface area contributed by atoms with Gasteiger partial charge in [-0.25, -0.2) is 0 Å². The van der Waals surface area contributed by atoms with E-state index in [9.17, 15) is 0 Å². The van der Waals surface area contributed by atoms with Crippen LogP contribution in [0.2, 0.25) is 0 Å². The predicted octanol–water partition coefficient (Wildman–Crippen LogP) is 0.134. The first-order chi connectivity index (χ1) is 4.31. The second kappa shape index (κ2) is 5.54. The first-order valence-electron chi connectivity index (χ1n) is 2.90. The van der Waals surface area contributed by atoms with Crippen molar-refractivity contribution in [3.8, 4) is 6.07 Å². The Kier molecular flexibility index (Phi) is 5.18. The molecule has 0 bridgehead atoms. The molecule has 0 aliphatic rings. The summed E-state index contributed by atoms with van der Waals surface area (Å²) < 4.78 is 4.83. The lowest BCUT2D eigenvalue weighted by Gasteiger charge is -2.08. The van der Waals surface area contributed by atoms with Crippen molar-refractivity contribution in [2.24, 2.45) is 0 Å². The van der Waals surface area contributed by atoms with Gasteiger partial charge in [0.2, 0.25) is 0 Å². The summed E-state index contributed by atoms with van der Waals surface area (Å²) in [5.74, 6) is 0. The van der Waals surface area contributed by atoms with Crippen LogP contribution in [0.4, 0.5) is 0 Å². The molecule has 1 atom stereocenters. The maximum atomic E-state index is 8.13. The van der Waals surface area contributed by atoms with Crippen LogP contribution in [0.1, 0.15) is 6.92 Å². The molecule has 0 aliphatic heterocycles. The summed E-state index contributed by atoms with van der Waals surface area (Å²) in [6.45, 7) is 3.02. The van der Waals surface area contributed by atoms with Crippen LogP contribution in [0.5, 0.6) is 0 Å². The zero-order valence-corrected chi connectivity index (χ0v) is 5.85. The summed E-state index contributed by atoms with van der Waals surface area (Å²) in [6, 6.07) is 2.26. The van der Waals surface area contributed by atoms with Gasteiger partial charge in [-0.3, -0.25) is 5.32 Å². The molecular formula is C6H12N2O. The van der Waals surface area contributed by atoms with Crippen LogP contribution < -0.4 is 5.32 Å². The van der Waals surface area contributed by atoms with E-state index in [0.29, 0.717) is 13.2 Å². The maximum Gasteiger partial charge on any atom is 0.0843 e. The fourth-order valence-electron chi connectivity index (χ4n) is 0.529. The molecule has 0 rings (SSSR count). The fourth-order valence-corrected chi connectivity index (χ4v) is 0.529. The highest BCUT2D eigenvalue weighted by Gasteiger charge is 1.96. The lowest BCUT2D eigenvalue weighted by Crippen LogP contribution is -2.30. The lowest BCUT2D eigenvalue weighted by atomic mass is 10.4. The SMILES string of the molecule is COC[C@H](C)NCC#N. The molecule has 1 N–H and O–H groups in total. The molecule has 0 aliphatic carbocycles. The molecule has 52 valence electrons.